The number of carbonyl (C=O) groups is 1. The number of alkyl halides is 3. The summed E-state index contributed by atoms with van der Waals surface area (Å²) in [4.78, 5) is 15.7. The Morgan fingerprint density at radius 2 is 2.17 bits per heavy atom. The lowest BCUT2D eigenvalue weighted by molar-refractivity contribution is -0.146. The third kappa shape index (κ3) is 3.42. The molecule has 0 spiro atoms. The highest BCUT2D eigenvalue weighted by Crippen LogP contribution is 2.26. The second kappa shape index (κ2) is 5.34. The SMILES string of the molecule is CCN(Cc1nc(C(F)(F)F)no1)C(C)C(N)=O. The minimum absolute atomic E-state index is 0.0658. The Morgan fingerprint density at radius 1 is 1.56 bits per heavy atom. The van der Waals surface area contributed by atoms with E-state index < -0.39 is 23.9 Å². The summed E-state index contributed by atoms with van der Waals surface area (Å²) in [5.41, 5.74) is 5.11. The number of halogens is 3. The number of nitrogens with two attached hydrogens (primary N) is 1. The molecule has 0 aromatic carbocycles. The fourth-order valence-corrected chi connectivity index (χ4v) is 1.31. The fourth-order valence-electron chi connectivity index (χ4n) is 1.31. The number of hydrogen-bond acceptors (Lipinski definition) is 5. The van der Waals surface area contributed by atoms with E-state index in [1.54, 1.807) is 13.8 Å². The van der Waals surface area contributed by atoms with Gasteiger partial charge < -0.3 is 10.3 Å². The minimum Gasteiger partial charge on any atom is -0.368 e. The molecule has 1 heterocycles. The Labute approximate surface area is 101 Å². The van der Waals surface area contributed by atoms with Gasteiger partial charge in [-0.05, 0) is 13.5 Å². The molecule has 0 aliphatic carbocycles. The smallest absolute Gasteiger partial charge is 0.368 e. The van der Waals surface area contributed by atoms with Crippen molar-refractivity contribution in [3.63, 3.8) is 0 Å². The van der Waals surface area contributed by atoms with Crippen molar-refractivity contribution in [2.45, 2.75) is 32.6 Å². The zero-order valence-corrected chi connectivity index (χ0v) is 9.86. The van der Waals surface area contributed by atoms with E-state index in [-0.39, 0.29) is 12.4 Å². The van der Waals surface area contributed by atoms with E-state index >= 15 is 0 Å². The lowest BCUT2D eigenvalue weighted by Gasteiger charge is -2.23. The number of rotatable bonds is 5. The van der Waals surface area contributed by atoms with Crippen LogP contribution in [-0.2, 0) is 17.5 Å². The zero-order chi connectivity index (χ0) is 13.9. The molecule has 0 aliphatic rings. The van der Waals surface area contributed by atoms with Crippen molar-refractivity contribution in [1.29, 1.82) is 0 Å². The van der Waals surface area contributed by atoms with Crippen LogP contribution in [0.1, 0.15) is 25.6 Å². The molecular weight excluding hydrogens is 253 g/mol. The van der Waals surface area contributed by atoms with Crippen LogP contribution in [0.4, 0.5) is 13.2 Å². The molecule has 102 valence electrons. The van der Waals surface area contributed by atoms with Crippen LogP contribution in [0.5, 0.6) is 0 Å². The summed E-state index contributed by atoms with van der Waals surface area (Å²) in [5.74, 6) is -2.12. The van der Waals surface area contributed by atoms with E-state index in [9.17, 15) is 18.0 Å². The average molecular weight is 266 g/mol. The quantitative estimate of drug-likeness (QED) is 0.851. The van der Waals surface area contributed by atoms with Crippen molar-refractivity contribution in [2.24, 2.45) is 5.73 Å². The summed E-state index contributed by atoms with van der Waals surface area (Å²) in [6, 6.07) is -0.628. The highest BCUT2D eigenvalue weighted by Gasteiger charge is 2.37. The number of primary amides is 1. The largest absolute Gasteiger partial charge is 0.455 e. The topological polar surface area (TPSA) is 85.2 Å². The maximum atomic E-state index is 12.2. The Hall–Kier alpha value is -1.64. The number of carbonyl (C=O) groups excluding carboxylic acids is 1. The predicted octanol–water partition coefficient (Wildman–Crippen LogP) is 0.784. The van der Waals surface area contributed by atoms with Crippen molar-refractivity contribution in [1.82, 2.24) is 15.0 Å². The number of aromatic nitrogens is 2. The lowest BCUT2D eigenvalue weighted by Crippen LogP contribution is -2.42. The van der Waals surface area contributed by atoms with Gasteiger partial charge in [0.05, 0.1) is 12.6 Å². The van der Waals surface area contributed by atoms with Gasteiger partial charge in [-0.25, -0.2) is 0 Å². The van der Waals surface area contributed by atoms with Crippen molar-refractivity contribution >= 4 is 5.91 Å². The first-order valence-electron chi connectivity index (χ1n) is 5.18. The van der Waals surface area contributed by atoms with Crippen LogP contribution >= 0.6 is 0 Å². The van der Waals surface area contributed by atoms with Crippen LogP contribution in [0, 0.1) is 0 Å². The predicted molar refractivity (Wildman–Crippen MR) is 54.0 cm³/mol. The third-order valence-corrected chi connectivity index (χ3v) is 2.43. The highest BCUT2D eigenvalue weighted by atomic mass is 19.4. The summed E-state index contributed by atoms with van der Waals surface area (Å²) in [6.07, 6.45) is -4.64. The van der Waals surface area contributed by atoms with E-state index in [4.69, 9.17) is 5.73 Å². The van der Waals surface area contributed by atoms with E-state index in [0.717, 1.165) is 0 Å². The first-order valence-corrected chi connectivity index (χ1v) is 5.18. The first kappa shape index (κ1) is 14.4. The number of amides is 1. The summed E-state index contributed by atoms with van der Waals surface area (Å²) in [7, 11) is 0. The molecule has 2 N–H and O–H groups in total. The van der Waals surface area contributed by atoms with Gasteiger partial charge in [-0.1, -0.05) is 12.1 Å². The van der Waals surface area contributed by atoms with Crippen molar-refractivity contribution in [2.75, 3.05) is 6.54 Å². The summed E-state index contributed by atoms with van der Waals surface area (Å²) in [5, 5.41) is 2.83. The monoisotopic (exact) mass is 266 g/mol. The average Bonchev–Trinajstić information content (AvgIpc) is 2.72. The van der Waals surface area contributed by atoms with Crippen LogP contribution in [0.2, 0.25) is 0 Å². The zero-order valence-electron chi connectivity index (χ0n) is 9.86. The Morgan fingerprint density at radius 3 is 2.56 bits per heavy atom. The second-order valence-electron chi connectivity index (χ2n) is 3.65. The molecule has 6 nitrogen and oxygen atoms in total. The van der Waals surface area contributed by atoms with Gasteiger partial charge >= 0.3 is 6.18 Å². The molecule has 18 heavy (non-hydrogen) atoms. The molecule has 1 aromatic rings. The molecule has 1 aromatic heterocycles. The molecule has 1 atom stereocenters. The molecule has 0 saturated carbocycles. The standard InChI is InChI=1S/C9H13F3N4O2/c1-3-16(5(2)7(13)17)4-6-14-8(15-18-6)9(10,11)12/h5H,3-4H2,1-2H3,(H2,13,17). The van der Waals surface area contributed by atoms with Gasteiger partial charge in [-0.15, -0.1) is 0 Å². The van der Waals surface area contributed by atoms with Gasteiger partial charge in [0, 0.05) is 0 Å². The maximum absolute atomic E-state index is 12.2. The maximum Gasteiger partial charge on any atom is 0.455 e. The third-order valence-electron chi connectivity index (χ3n) is 2.43. The van der Waals surface area contributed by atoms with Crippen molar-refractivity contribution < 1.29 is 22.5 Å². The van der Waals surface area contributed by atoms with Crippen LogP contribution in [-0.4, -0.2) is 33.5 Å². The molecule has 1 amide bonds. The van der Waals surface area contributed by atoms with E-state index in [1.165, 1.54) is 4.90 Å². The van der Waals surface area contributed by atoms with Gasteiger partial charge in [-0.2, -0.15) is 18.2 Å². The molecule has 0 aliphatic heterocycles. The molecule has 0 fully saturated rings. The molecule has 9 heteroatoms. The Balaban J connectivity index is 2.77. The first-order chi connectivity index (χ1) is 8.25. The van der Waals surface area contributed by atoms with E-state index in [0.29, 0.717) is 6.54 Å². The molecule has 1 unspecified atom stereocenters. The molecule has 0 bridgehead atoms. The van der Waals surface area contributed by atoms with Crippen molar-refractivity contribution in [3.05, 3.63) is 11.7 Å². The van der Waals surface area contributed by atoms with E-state index in [1.807, 2.05) is 0 Å². The molecule has 1 rings (SSSR count). The fraction of sp³-hybridized carbons (Fsp3) is 0.667. The van der Waals surface area contributed by atoms with Crippen LogP contribution < -0.4 is 5.73 Å². The van der Waals surface area contributed by atoms with Gasteiger partial charge in [0.15, 0.2) is 0 Å². The van der Waals surface area contributed by atoms with Crippen LogP contribution in [0.25, 0.3) is 0 Å². The van der Waals surface area contributed by atoms with Gasteiger partial charge in [-0.3, -0.25) is 9.69 Å². The van der Waals surface area contributed by atoms with Crippen molar-refractivity contribution in [3.8, 4) is 0 Å². The second-order valence-corrected chi connectivity index (χ2v) is 3.65. The van der Waals surface area contributed by atoms with E-state index in [2.05, 4.69) is 14.7 Å². The molecule has 0 radical (unpaired) electrons. The summed E-state index contributed by atoms with van der Waals surface area (Å²) >= 11 is 0. The van der Waals surface area contributed by atoms with Gasteiger partial charge in [0.1, 0.15) is 0 Å². The minimum atomic E-state index is -4.64. The normalized spacial score (nSPS) is 13.9. The number of likely N-dealkylation sites (N-methyl/N-ethyl adjacent to an activating group) is 1. The Kier molecular flexibility index (Phi) is 4.28. The lowest BCUT2D eigenvalue weighted by atomic mass is 10.2. The molecular formula is C9H13F3N4O2. The van der Waals surface area contributed by atoms with Crippen LogP contribution in [0.3, 0.4) is 0 Å². The Bertz CT molecular complexity index is 418. The molecule has 0 saturated heterocycles. The number of hydrogen-bond donors (Lipinski definition) is 1. The summed E-state index contributed by atoms with van der Waals surface area (Å²) < 4.78 is 41.2. The highest BCUT2D eigenvalue weighted by molar-refractivity contribution is 5.79. The summed E-state index contributed by atoms with van der Waals surface area (Å²) in [6.45, 7) is 3.63. The number of nitrogens with zero attached hydrogens (tertiary/aromatic N) is 3. The van der Waals surface area contributed by atoms with Gasteiger partial charge in [0.25, 0.3) is 5.82 Å². The van der Waals surface area contributed by atoms with Crippen LogP contribution in [0.15, 0.2) is 4.52 Å². The van der Waals surface area contributed by atoms with Gasteiger partial charge in [0.2, 0.25) is 11.8 Å².